The molecular formula is C15H16BrClN2O2. The van der Waals surface area contributed by atoms with Crippen LogP contribution in [0.3, 0.4) is 0 Å². The van der Waals surface area contributed by atoms with Gasteiger partial charge in [-0.15, -0.1) is 12.4 Å². The highest BCUT2D eigenvalue weighted by molar-refractivity contribution is 9.10. The SMILES string of the molecule is Brc1cc(CNCc2ccncc2)cc2c1OCCO2.Cl. The highest BCUT2D eigenvalue weighted by atomic mass is 79.9. The fourth-order valence-corrected chi connectivity index (χ4v) is 2.72. The van der Waals surface area contributed by atoms with Gasteiger partial charge >= 0.3 is 0 Å². The number of hydrogen-bond acceptors (Lipinski definition) is 4. The van der Waals surface area contributed by atoms with Gasteiger partial charge in [-0.1, -0.05) is 0 Å². The Balaban J connectivity index is 0.00000161. The van der Waals surface area contributed by atoms with Crippen molar-refractivity contribution in [3.63, 3.8) is 0 Å². The molecule has 0 atom stereocenters. The third-order valence-electron chi connectivity index (χ3n) is 3.06. The van der Waals surface area contributed by atoms with E-state index in [-0.39, 0.29) is 12.4 Å². The van der Waals surface area contributed by atoms with E-state index < -0.39 is 0 Å². The molecule has 21 heavy (non-hydrogen) atoms. The number of fused-ring (bicyclic) bond motifs is 1. The quantitative estimate of drug-likeness (QED) is 0.895. The molecule has 0 aliphatic carbocycles. The molecule has 0 amide bonds. The number of aromatic nitrogens is 1. The van der Waals surface area contributed by atoms with E-state index in [0.717, 1.165) is 34.6 Å². The van der Waals surface area contributed by atoms with Crippen LogP contribution in [0.4, 0.5) is 0 Å². The first kappa shape index (κ1) is 16.1. The van der Waals surface area contributed by atoms with Crippen molar-refractivity contribution < 1.29 is 9.47 Å². The molecule has 0 unspecified atom stereocenters. The summed E-state index contributed by atoms with van der Waals surface area (Å²) in [4.78, 5) is 4.01. The number of rotatable bonds is 4. The Morgan fingerprint density at radius 3 is 2.57 bits per heavy atom. The number of benzene rings is 1. The van der Waals surface area contributed by atoms with Crippen LogP contribution in [0, 0.1) is 0 Å². The van der Waals surface area contributed by atoms with Crippen LogP contribution in [0.2, 0.25) is 0 Å². The third-order valence-corrected chi connectivity index (χ3v) is 3.65. The van der Waals surface area contributed by atoms with Crippen molar-refractivity contribution in [1.82, 2.24) is 10.3 Å². The third kappa shape index (κ3) is 4.09. The lowest BCUT2D eigenvalue weighted by atomic mass is 10.2. The molecular weight excluding hydrogens is 356 g/mol. The fraction of sp³-hybridized carbons (Fsp3) is 0.267. The van der Waals surface area contributed by atoms with E-state index in [0.29, 0.717) is 13.2 Å². The number of nitrogens with zero attached hydrogens (tertiary/aromatic N) is 1. The minimum absolute atomic E-state index is 0. The molecule has 0 bridgehead atoms. The normalized spacial score (nSPS) is 12.6. The molecule has 1 aliphatic rings. The Bertz CT molecular complexity index is 596. The van der Waals surface area contributed by atoms with Gasteiger partial charge in [0.1, 0.15) is 13.2 Å². The minimum atomic E-state index is 0. The Morgan fingerprint density at radius 1 is 1.05 bits per heavy atom. The smallest absolute Gasteiger partial charge is 0.175 e. The van der Waals surface area contributed by atoms with Crippen molar-refractivity contribution in [3.8, 4) is 11.5 Å². The molecule has 0 saturated carbocycles. The zero-order valence-corrected chi connectivity index (χ0v) is 13.7. The van der Waals surface area contributed by atoms with E-state index in [2.05, 4.69) is 32.3 Å². The Labute approximate surface area is 138 Å². The predicted molar refractivity (Wildman–Crippen MR) is 87.2 cm³/mol. The lowest BCUT2D eigenvalue weighted by Crippen LogP contribution is -2.17. The molecule has 2 heterocycles. The minimum Gasteiger partial charge on any atom is -0.486 e. The standard InChI is InChI=1S/C15H15BrN2O2.ClH/c16-13-7-12(8-14-15(13)20-6-5-19-14)10-18-9-11-1-3-17-4-2-11;/h1-4,7-8,18H,5-6,9-10H2;1H. The Kier molecular flexibility index (Phi) is 5.85. The van der Waals surface area contributed by atoms with Crippen molar-refractivity contribution in [2.75, 3.05) is 13.2 Å². The second-order valence-corrected chi connectivity index (χ2v) is 5.42. The lowest BCUT2D eigenvalue weighted by Gasteiger charge is -2.20. The maximum Gasteiger partial charge on any atom is 0.175 e. The predicted octanol–water partition coefficient (Wildman–Crippen LogP) is 3.33. The van der Waals surface area contributed by atoms with E-state index in [1.165, 1.54) is 5.56 Å². The average Bonchev–Trinajstić information content (AvgIpc) is 2.48. The number of halogens is 2. The molecule has 0 fully saturated rings. The molecule has 4 nitrogen and oxygen atoms in total. The van der Waals surface area contributed by atoms with Gasteiger partial charge in [-0.3, -0.25) is 4.98 Å². The number of hydrogen-bond donors (Lipinski definition) is 1. The van der Waals surface area contributed by atoms with Gasteiger partial charge in [0.25, 0.3) is 0 Å². The van der Waals surface area contributed by atoms with Crippen molar-refractivity contribution in [2.45, 2.75) is 13.1 Å². The molecule has 1 aromatic carbocycles. The van der Waals surface area contributed by atoms with Crippen LogP contribution in [-0.4, -0.2) is 18.2 Å². The first-order chi connectivity index (χ1) is 9.83. The first-order valence-corrected chi connectivity index (χ1v) is 7.30. The summed E-state index contributed by atoms with van der Waals surface area (Å²) in [5.41, 5.74) is 2.38. The summed E-state index contributed by atoms with van der Waals surface area (Å²) < 4.78 is 12.1. The van der Waals surface area contributed by atoms with Crippen molar-refractivity contribution >= 4 is 28.3 Å². The second-order valence-electron chi connectivity index (χ2n) is 4.56. The summed E-state index contributed by atoms with van der Waals surface area (Å²) in [6, 6.07) is 8.10. The maximum atomic E-state index is 5.62. The van der Waals surface area contributed by atoms with E-state index >= 15 is 0 Å². The van der Waals surface area contributed by atoms with Gasteiger partial charge in [-0.25, -0.2) is 0 Å². The Hall–Kier alpha value is -1.30. The van der Waals surface area contributed by atoms with Gasteiger partial charge in [0.15, 0.2) is 11.5 Å². The van der Waals surface area contributed by atoms with Gasteiger partial charge in [0.05, 0.1) is 4.47 Å². The number of pyridine rings is 1. The van der Waals surface area contributed by atoms with Crippen LogP contribution in [0.15, 0.2) is 41.1 Å². The highest BCUT2D eigenvalue weighted by Gasteiger charge is 2.16. The molecule has 1 aliphatic heterocycles. The summed E-state index contributed by atoms with van der Waals surface area (Å²) in [7, 11) is 0. The molecule has 0 saturated heterocycles. The molecule has 1 aromatic heterocycles. The first-order valence-electron chi connectivity index (χ1n) is 6.50. The van der Waals surface area contributed by atoms with E-state index in [1.54, 1.807) is 12.4 Å². The van der Waals surface area contributed by atoms with Gasteiger partial charge in [0.2, 0.25) is 0 Å². The van der Waals surface area contributed by atoms with Crippen LogP contribution in [0.5, 0.6) is 11.5 Å². The fourth-order valence-electron chi connectivity index (χ4n) is 2.12. The van der Waals surface area contributed by atoms with Gasteiger partial charge in [-0.05, 0) is 51.3 Å². The molecule has 0 spiro atoms. The summed E-state index contributed by atoms with van der Waals surface area (Å²) in [6.45, 7) is 2.80. The maximum absolute atomic E-state index is 5.62. The van der Waals surface area contributed by atoms with Crippen molar-refractivity contribution in [1.29, 1.82) is 0 Å². The molecule has 2 aromatic rings. The van der Waals surface area contributed by atoms with Crippen LogP contribution in [0.25, 0.3) is 0 Å². The van der Waals surface area contributed by atoms with Crippen LogP contribution < -0.4 is 14.8 Å². The molecule has 6 heteroatoms. The number of ether oxygens (including phenoxy) is 2. The Morgan fingerprint density at radius 2 is 1.76 bits per heavy atom. The largest absolute Gasteiger partial charge is 0.486 e. The lowest BCUT2D eigenvalue weighted by molar-refractivity contribution is 0.170. The van der Waals surface area contributed by atoms with Crippen molar-refractivity contribution in [2.24, 2.45) is 0 Å². The molecule has 1 N–H and O–H groups in total. The average molecular weight is 372 g/mol. The van der Waals surface area contributed by atoms with Crippen LogP contribution >= 0.6 is 28.3 Å². The van der Waals surface area contributed by atoms with Gasteiger partial charge < -0.3 is 14.8 Å². The van der Waals surface area contributed by atoms with E-state index in [9.17, 15) is 0 Å². The molecule has 0 radical (unpaired) electrons. The highest BCUT2D eigenvalue weighted by Crippen LogP contribution is 2.38. The van der Waals surface area contributed by atoms with Crippen LogP contribution in [-0.2, 0) is 13.1 Å². The summed E-state index contributed by atoms with van der Waals surface area (Å²) >= 11 is 3.53. The second kappa shape index (κ2) is 7.64. The summed E-state index contributed by atoms with van der Waals surface area (Å²) in [5.74, 6) is 1.61. The van der Waals surface area contributed by atoms with Gasteiger partial charge in [0, 0.05) is 25.5 Å². The van der Waals surface area contributed by atoms with Crippen LogP contribution in [0.1, 0.15) is 11.1 Å². The monoisotopic (exact) mass is 370 g/mol. The van der Waals surface area contributed by atoms with E-state index in [1.807, 2.05) is 18.2 Å². The zero-order chi connectivity index (χ0) is 13.8. The van der Waals surface area contributed by atoms with E-state index in [4.69, 9.17) is 9.47 Å². The van der Waals surface area contributed by atoms with Gasteiger partial charge in [-0.2, -0.15) is 0 Å². The summed E-state index contributed by atoms with van der Waals surface area (Å²) in [5, 5.41) is 3.41. The zero-order valence-electron chi connectivity index (χ0n) is 11.3. The van der Waals surface area contributed by atoms with Crippen molar-refractivity contribution in [3.05, 3.63) is 52.3 Å². The topological polar surface area (TPSA) is 43.4 Å². The summed E-state index contributed by atoms with van der Waals surface area (Å²) in [6.07, 6.45) is 3.61. The molecule has 112 valence electrons. The number of nitrogens with one attached hydrogen (secondary N) is 1. The molecule has 3 rings (SSSR count).